The fourth-order valence-corrected chi connectivity index (χ4v) is 2.02. The number of methoxy groups -OCH3 is 1. The van der Waals surface area contributed by atoms with Crippen molar-refractivity contribution in [1.82, 2.24) is 14.9 Å². The fourth-order valence-electron chi connectivity index (χ4n) is 2.02. The summed E-state index contributed by atoms with van der Waals surface area (Å²) in [5, 5.41) is 6.00. The van der Waals surface area contributed by atoms with E-state index in [1.165, 1.54) is 0 Å². The maximum atomic E-state index is 11.9. The highest BCUT2D eigenvalue weighted by molar-refractivity contribution is 5.83. The van der Waals surface area contributed by atoms with Crippen molar-refractivity contribution in [2.45, 2.75) is 13.5 Å². The van der Waals surface area contributed by atoms with E-state index in [0.717, 1.165) is 23.5 Å². The van der Waals surface area contributed by atoms with Crippen molar-refractivity contribution in [3.63, 3.8) is 0 Å². The lowest BCUT2D eigenvalue weighted by Crippen LogP contribution is -2.30. The number of nitrogens with one attached hydrogen (secondary N) is 2. The largest absolute Gasteiger partial charge is 0.383 e. The molecule has 0 aliphatic heterocycles. The molecule has 2 rings (SSSR count). The molecular formula is C14H20N4O2. The van der Waals surface area contributed by atoms with Gasteiger partial charge in [0.15, 0.2) is 0 Å². The van der Waals surface area contributed by atoms with Crippen molar-refractivity contribution in [3.05, 3.63) is 24.3 Å². The van der Waals surface area contributed by atoms with Gasteiger partial charge in [0.25, 0.3) is 0 Å². The zero-order valence-corrected chi connectivity index (χ0v) is 11.8. The number of benzene rings is 1. The number of hydrogen-bond acceptors (Lipinski definition) is 4. The van der Waals surface area contributed by atoms with Crippen LogP contribution in [0.2, 0.25) is 0 Å². The van der Waals surface area contributed by atoms with Crippen LogP contribution in [0.15, 0.2) is 24.3 Å². The van der Waals surface area contributed by atoms with Crippen LogP contribution in [0.25, 0.3) is 11.0 Å². The first-order valence-electron chi connectivity index (χ1n) is 6.71. The first-order valence-corrected chi connectivity index (χ1v) is 6.71. The second-order valence-electron chi connectivity index (χ2n) is 4.38. The third kappa shape index (κ3) is 3.27. The molecule has 0 fully saturated rings. The number of carbonyl (C=O) groups excluding carboxylic acids is 1. The van der Waals surface area contributed by atoms with E-state index in [1.807, 2.05) is 35.8 Å². The smallest absolute Gasteiger partial charge is 0.240 e. The monoisotopic (exact) mass is 276 g/mol. The third-order valence-corrected chi connectivity index (χ3v) is 2.92. The van der Waals surface area contributed by atoms with E-state index in [9.17, 15) is 4.79 Å². The highest BCUT2D eigenvalue weighted by Gasteiger charge is 2.12. The molecule has 0 saturated heterocycles. The number of rotatable bonds is 7. The van der Waals surface area contributed by atoms with Crippen LogP contribution in [0.5, 0.6) is 0 Å². The first-order chi connectivity index (χ1) is 9.76. The lowest BCUT2D eigenvalue weighted by molar-refractivity contribution is -0.121. The van der Waals surface area contributed by atoms with Crippen LogP contribution >= 0.6 is 0 Å². The lowest BCUT2D eigenvalue weighted by Gasteiger charge is -2.10. The molecule has 1 aromatic carbocycles. The summed E-state index contributed by atoms with van der Waals surface area (Å²) in [6.45, 7) is 4.03. The van der Waals surface area contributed by atoms with Crippen LogP contribution in [-0.4, -0.2) is 42.3 Å². The summed E-state index contributed by atoms with van der Waals surface area (Å²) in [5.74, 6) is 0.667. The van der Waals surface area contributed by atoms with Gasteiger partial charge in [-0.2, -0.15) is 0 Å². The Bertz CT molecular complexity index is 580. The number of anilines is 1. The molecule has 0 radical (unpaired) electrons. The molecular weight excluding hydrogens is 256 g/mol. The second kappa shape index (κ2) is 6.91. The molecule has 2 N–H and O–H groups in total. The van der Waals surface area contributed by atoms with Gasteiger partial charge in [0.2, 0.25) is 11.9 Å². The minimum atomic E-state index is -0.0515. The Morgan fingerprint density at radius 2 is 2.20 bits per heavy atom. The van der Waals surface area contributed by atoms with Crippen molar-refractivity contribution < 1.29 is 9.53 Å². The van der Waals surface area contributed by atoms with Gasteiger partial charge >= 0.3 is 0 Å². The number of para-hydroxylation sites is 2. The minimum absolute atomic E-state index is 0.0515. The van der Waals surface area contributed by atoms with Gasteiger partial charge in [0, 0.05) is 20.2 Å². The summed E-state index contributed by atoms with van der Waals surface area (Å²) < 4.78 is 6.80. The summed E-state index contributed by atoms with van der Waals surface area (Å²) >= 11 is 0. The molecule has 6 heteroatoms. The van der Waals surface area contributed by atoms with Crippen molar-refractivity contribution in [1.29, 1.82) is 0 Å². The topological polar surface area (TPSA) is 68.2 Å². The van der Waals surface area contributed by atoms with Gasteiger partial charge in [0.1, 0.15) is 6.54 Å². The van der Waals surface area contributed by atoms with E-state index in [-0.39, 0.29) is 12.5 Å². The minimum Gasteiger partial charge on any atom is -0.383 e. The molecule has 1 heterocycles. The molecule has 0 unspecified atom stereocenters. The van der Waals surface area contributed by atoms with Gasteiger partial charge < -0.3 is 19.9 Å². The van der Waals surface area contributed by atoms with Gasteiger partial charge in [-0.3, -0.25) is 4.79 Å². The van der Waals surface area contributed by atoms with Crippen LogP contribution in [0.4, 0.5) is 5.95 Å². The first kappa shape index (κ1) is 14.3. The molecule has 1 aromatic heterocycles. The average Bonchev–Trinajstić information content (AvgIpc) is 2.78. The highest BCUT2D eigenvalue weighted by atomic mass is 16.5. The Kier molecular flexibility index (Phi) is 4.95. The van der Waals surface area contributed by atoms with Gasteiger partial charge in [-0.05, 0) is 19.1 Å². The summed E-state index contributed by atoms with van der Waals surface area (Å²) in [6, 6.07) is 7.79. The van der Waals surface area contributed by atoms with E-state index in [0.29, 0.717) is 13.2 Å². The molecule has 0 saturated carbocycles. The van der Waals surface area contributed by atoms with E-state index < -0.39 is 0 Å². The molecule has 2 aromatic rings. The van der Waals surface area contributed by atoms with Crippen molar-refractivity contribution in [3.8, 4) is 0 Å². The molecule has 0 bridgehead atoms. The average molecular weight is 276 g/mol. The Hall–Kier alpha value is -2.08. The Morgan fingerprint density at radius 3 is 2.95 bits per heavy atom. The SMILES string of the molecule is CCNc1nc2ccccc2n1CC(=O)NCCOC. The number of imidazole rings is 1. The predicted molar refractivity (Wildman–Crippen MR) is 78.8 cm³/mol. The number of aromatic nitrogens is 2. The molecule has 1 amide bonds. The number of hydrogen-bond donors (Lipinski definition) is 2. The zero-order chi connectivity index (χ0) is 14.4. The van der Waals surface area contributed by atoms with Gasteiger partial charge in [-0.15, -0.1) is 0 Å². The van der Waals surface area contributed by atoms with E-state index in [1.54, 1.807) is 7.11 Å². The Balaban J connectivity index is 2.18. The summed E-state index contributed by atoms with van der Waals surface area (Å²) in [6.07, 6.45) is 0. The predicted octanol–water partition coefficient (Wildman–Crippen LogP) is 1.23. The van der Waals surface area contributed by atoms with Crippen LogP contribution in [0.1, 0.15) is 6.92 Å². The number of ether oxygens (including phenoxy) is 1. The van der Waals surface area contributed by atoms with Crippen LogP contribution in [0, 0.1) is 0 Å². The second-order valence-corrected chi connectivity index (χ2v) is 4.38. The van der Waals surface area contributed by atoms with E-state index in [2.05, 4.69) is 15.6 Å². The third-order valence-electron chi connectivity index (χ3n) is 2.92. The van der Waals surface area contributed by atoms with Gasteiger partial charge in [0.05, 0.1) is 17.6 Å². The summed E-state index contributed by atoms with van der Waals surface area (Å²) in [7, 11) is 1.61. The maximum absolute atomic E-state index is 11.9. The normalized spacial score (nSPS) is 10.7. The molecule has 6 nitrogen and oxygen atoms in total. The number of carbonyl (C=O) groups is 1. The lowest BCUT2D eigenvalue weighted by atomic mass is 10.3. The Labute approximate surface area is 118 Å². The fraction of sp³-hybridized carbons (Fsp3) is 0.429. The zero-order valence-electron chi connectivity index (χ0n) is 11.8. The van der Waals surface area contributed by atoms with Crippen LogP contribution < -0.4 is 10.6 Å². The quantitative estimate of drug-likeness (QED) is 0.746. The molecule has 0 aliphatic rings. The Morgan fingerprint density at radius 1 is 1.40 bits per heavy atom. The molecule has 108 valence electrons. The van der Waals surface area contributed by atoms with E-state index in [4.69, 9.17) is 4.74 Å². The maximum Gasteiger partial charge on any atom is 0.240 e. The number of fused-ring (bicyclic) bond motifs is 1. The van der Waals surface area contributed by atoms with Crippen molar-refractivity contribution in [2.75, 3.05) is 32.1 Å². The van der Waals surface area contributed by atoms with Gasteiger partial charge in [-0.1, -0.05) is 12.1 Å². The standard InChI is InChI=1S/C14H20N4O2/c1-3-15-14-17-11-6-4-5-7-12(11)18(14)10-13(19)16-8-9-20-2/h4-7H,3,8-10H2,1-2H3,(H,15,17)(H,16,19). The van der Waals surface area contributed by atoms with Crippen molar-refractivity contribution in [2.24, 2.45) is 0 Å². The highest BCUT2D eigenvalue weighted by Crippen LogP contribution is 2.19. The van der Waals surface area contributed by atoms with Crippen molar-refractivity contribution >= 4 is 22.9 Å². The van der Waals surface area contributed by atoms with Crippen LogP contribution in [0.3, 0.4) is 0 Å². The number of nitrogens with zero attached hydrogens (tertiary/aromatic N) is 2. The molecule has 20 heavy (non-hydrogen) atoms. The molecule has 0 aliphatic carbocycles. The summed E-state index contributed by atoms with van der Waals surface area (Å²) in [5.41, 5.74) is 1.83. The van der Waals surface area contributed by atoms with E-state index >= 15 is 0 Å². The number of amides is 1. The van der Waals surface area contributed by atoms with Crippen LogP contribution in [-0.2, 0) is 16.1 Å². The molecule has 0 spiro atoms. The van der Waals surface area contributed by atoms with Gasteiger partial charge in [-0.25, -0.2) is 4.98 Å². The molecule has 0 atom stereocenters. The summed E-state index contributed by atoms with van der Waals surface area (Å²) in [4.78, 5) is 16.4.